The molecular weight excluding hydrogens is 236 g/mol. The molecule has 0 aliphatic heterocycles. The summed E-state index contributed by atoms with van der Waals surface area (Å²) in [6.45, 7) is 9.69. The first-order chi connectivity index (χ1) is 8.95. The van der Waals surface area contributed by atoms with Crippen LogP contribution in [0.2, 0.25) is 0 Å². The second-order valence-corrected chi connectivity index (χ2v) is 5.68. The minimum absolute atomic E-state index is 0.185. The number of rotatable bonds is 6. The van der Waals surface area contributed by atoms with Crippen LogP contribution in [0, 0.1) is 5.92 Å². The van der Waals surface area contributed by atoms with Crippen LogP contribution in [0.1, 0.15) is 38.8 Å². The van der Waals surface area contributed by atoms with E-state index in [0.29, 0.717) is 18.9 Å². The highest BCUT2D eigenvalue weighted by molar-refractivity contribution is 5.79. The number of amides is 1. The van der Waals surface area contributed by atoms with Crippen molar-refractivity contribution in [1.82, 2.24) is 4.90 Å². The Morgan fingerprint density at radius 2 is 1.74 bits per heavy atom. The van der Waals surface area contributed by atoms with Crippen LogP contribution in [0.3, 0.4) is 0 Å². The molecule has 0 heterocycles. The summed E-state index contributed by atoms with van der Waals surface area (Å²) < 4.78 is 0. The average Bonchev–Trinajstić information content (AvgIpc) is 2.36. The van der Waals surface area contributed by atoms with Gasteiger partial charge in [-0.25, -0.2) is 0 Å². The molecule has 3 heteroatoms. The van der Waals surface area contributed by atoms with Crippen molar-refractivity contribution in [2.75, 3.05) is 6.54 Å². The van der Waals surface area contributed by atoms with Gasteiger partial charge in [-0.05, 0) is 30.9 Å². The monoisotopic (exact) mass is 262 g/mol. The number of carbonyl (C=O) groups is 1. The van der Waals surface area contributed by atoms with Crippen molar-refractivity contribution in [3.63, 3.8) is 0 Å². The molecule has 0 radical (unpaired) electrons. The fourth-order valence-corrected chi connectivity index (χ4v) is 2.19. The van der Waals surface area contributed by atoms with Crippen LogP contribution in [0.15, 0.2) is 24.3 Å². The molecule has 0 unspecified atom stereocenters. The largest absolute Gasteiger partial charge is 0.340 e. The van der Waals surface area contributed by atoms with E-state index in [9.17, 15) is 4.79 Å². The summed E-state index contributed by atoms with van der Waals surface area (Å²) in [7, 11) is 0. The minimum Gasteiger partial charge on any atom is -0.340 e. The third-order valence-electron chi connectivity index (χ3n) is 3.19. The summed E-state index contributed by atoms with van der Waals surface area (Å²) in [5.74, 6) is 0.667. The van der Waals surface area contributed by atoms with E-state index in [1.54, 1.807) is 0 Å². The second kappa shape index (κ2) is 7.29. The van der Waals surface area contributed by atoms with Gasteiger partial charge in [-0.1, -0.05) is 38.1 Å². The molecule has 0 fully saturated rings. The number of hydrogen-bond donors (Lipinski definition) is 1. The highest BCUT2D eigenvalue weighted by atomic mass is 16.2. The van der Waals surface area contributed by atoms with Crippen LogP contribution >= 0.6 is 0 Å². The fourth-order valence-electron chi connectivity index (χ4n) is 2.19. The zero-order chi connectivity index (χ0) is 14.4. The molecule has 1 aromatic carbocycles. The van der Waals surface area contributed by atoms with Crippen LogP contribution in [-0.2, 0) is 17.8 Å². The van der Waals surface area contributed by atoms with Crippen LogP contribution in [-0.4, -0.2) is 23.4 Å². The lowest BCUT2D eigenvalue weighted by molar-refractivity contribution is -0.132. The smallest absolute Gasteiger partial charge is 0.227 e. The van der Waals surface area contributed by atoms with Gasteiger partial charge in [-0.3, -0.25) is 4.79 Å². The normalized spacial score (nSPS) is 11.1. The molecule has 1 rings (SSSR count). The van der Waals surface area contributed by atoms with Gasteiger partial charge in [-0.2, -0.15) is 0 Å². The summed E-state index contributed by atoms with van der Waals surface area (Å²) in [6, 6.07) is 8.15. The lowest BCUT2D eigenvalue weighted by Gasteiger charge is -2.29. The third kappa shape index (κ3) is 4.67. The summed E-state index contributed by atoms with van der Waals surface area (Å²) in [5, 5.41) is 0. The minimum atomic E-state index is 0.185. The number of nitrogens with zero attached hydrogens (tertiary/aromatic N) is 1. The quantitative estimate of drug-likeness (QED) is 0.856. The van der Waals surface area contributed by atoms with E-state index in [0.717, 1.165) is 17.7 Å². The van der Waals surface area contributed by atoms with Crippen molar-refractivity contribution in [2.24, 2.45) is 11.7 Å². The molecule has 0 aromatic heterocycles. The summed E-state index contributed by atoms with van der Waals surface area (Å²) in [6.07, 6.45) is 0.443. The van der Waals surface area contributed by atoms with Crippen LogP contribution in [0.5, 0.6) is 0 Å². The van der Waals surface area contributed by atoms with E-state index in [1.807, 2.05) is 29.2 Å². The molecule has 1 amide bonds. The molecule has 0 aliphatic carbocycles. The molecule has 3 nitrogen and oxygen atoms in total. The zero-order valence-electron chi connectivity index (χ0n) is 12.5. The maximum Gasteiger partial charge on any atom is 0.227 e. The Morgan fingerprint density at radius 3 is 2.21 bits per heavy atom. The molecule has 0 bridgehead atoms. The molecule has 0 aliphatic rings. The van der Waals surface area contributed by atoms with Crippen LogP contribution in [0.25, 0.3) is 0 Å². The van der Waals surface area contributed by atoms with Crippen LogP contribution < -0.4 is 5.73 Å². The van der Waals surface area contributed by atoms with Gasteiger partial charge in [0, 0.05) is 19.1 Å². The Labute approximate surface area is 116 Å². The van der Waals surface area contributed by atoms with Crippen LogP contribution in [0.4, 0.5) is 0 Å². The zero-order valence-corrected chi connectivity index (χ0v) is 12.5. The predicted octanol–water partition coefficient (Wildman–Crippen LogP) is 2.58. The first-order valence-corrected chi connectivity index (χ1v) is 7.02. The Bertz CT molecular complexity index is 413. The van der Waals surface area contributed by atoms with Crippen molar-refractivity contribution < 1.29 is 4.79 Å². The highest BCUT2D eigenvalue weighted by Gasteiger charge is 2.19. The van der Waals surface area contributed by atoms with Crippen molar-refractivity contribution >= 4 is 5.91 Å². The van der Waals surface area contributed by atoms with E-state index in [-0.39, 0.29) is 11.9 Å². The first kappa shape index (κ1) is 15.7. The van der Waals surface area contributed by atoms with Crippen molar-refractivity contribution in [2.45, 2.75) is 46.7 Å². The fraction of sp³-hybridized carbons (Fsp3) is 0.562. The third-order valence-corrected chi connectivity index (χ3v) is 3.19. The van der Waals surface area contributed by atoms with E-state index in [4.69, 9.17) is 5.73 Å². The molecule has 1 aromatic rings. The number of benzene rings is 1. The Balaban J connectivity index is 2.81. The SMILES string of the molecule is CC(C)CN(C(=O)Cc1ccccc1CN)C(C)C. The van der Waals surface area contributed by atoms with Gasteiger partial charge >= 0.3 is 0 Å². The average molecular weight is 262 g/mol. The molecular formula is C16H26N2O. The number of hydrogen-bond acceptors (Lipinski definition) is 2. The summed E-state index contributed by atoms with van der Waals surface area (Å²) in [5.41, 5.74) is 7.82. The van der Waals surface area contributed by atoms with E-state index < -0.39 is 0 Å². The van der Waals surface area contributed by atoms with Gasteiger partial charge in [0.25, 0.3) is 0 Å². The molecule has 2 N–H and O–H groups in total. The highest BCUT2D eigenvalue weighted by Crippen LogP contribution is 2.13. The van der Waals surface area contributed by atoms with Gasteiger partial charge in [0.1, 0.15) is 0 Å². The maximum absolute atomic E-state index is 12.4. The van der Waals surface area contributed by atoms with E-state index in [2.05, 4.69) is 27.7 Å². The van der Waals surface area contributed by atoms with Gasteiger partial charge < -0.3 is 10.6 Å². The van der Waals surface area contributed by atoms with Gasteiger partial charge in [0.05, 0.1) is 6.42 Å². The van der Waals surface area contributed by atoms with E-state index in [1.165, 1.54) is 0 Å². The Kier molecular flexibility index (Phi) is 6.03. The van der Waals surface area contributed by atoms with Crippen molar-refractivity contribution in [1.29, 1.82) is 0 Å². The standard InChI is InChI=1S/C16H26N2O/c1-12(2)11-18(13(3)4)16(19)9-14-7-5-6-8-15(14)10-17/h5-8,12-13H,9-11,17H2,1-4H3. The number of nitrogens with two attached hydrogens (primary N) is 1. The summed E-state index contributed by atoms with van der Waals surface area (Å²) in [4.78, 5) is 14.4. The van der Waals surface area contributed by atoms with Gasteiger partial charge in [0.2, 0.25) is 5.91 Å². The molecule has 106 valence electrons. The molecule has 0 saturated carbocycles. The molecule has 0 atom stereocenters. The van der Waals surface area contributed by atoms with Gasteiger partial charge in [-0.15, -0.1) is 0 Å². The second-order valence-electron chi connectivity index (χ2n) is 5.68. The molecule has 19 heavy (non-hydrogen) atoms. The van der Waals surface area contributed by atoms with Crippen molar-refractivity contribution in [3.8, 4) is 0 Å². The number of carbonyl (C=O) groups excluding carboxylic acids is 1. The Morgan fingerprint density at radius 1 is 1.16 bits per heavy atom. The van der Waals surface area contributed by atoms with Gasteiger partial charge in [0.15, 0.2) is 0 Å². The maximum atomic E-state index is 12.4. The predicted molar refractivity (Wildman–Crippen MR) is 79.7 cm³/mol. The lowest BCUT2D eigenvalue weighted by atomic mass is 10.0. The topological polar surface area (TPSA) is 46.3 Å². The molecule has 0 spiro atoms. The Hall–Kier alpha value is -1.35. The molecule has 0 saturated heterocycles. The van der Waals surface area contributed by atoms with Crippen molar-refractivity contribution in [3.05, 3.63) is 35.4 Å². The summed E-state index contributed by atoms with van der Waals surface area (Å²) >= 11 is 0. The van der Waals surface area contributed by atoms with E-state index >= 15 is 0 Å². The lowest BCUT2D eigenvalue weighted by Crippen LogP contribution is -2.40. The first-order valence-electron chi connectivity index (χ1n) is 7.02.